The van der Waals surface area contributed by atoms with E-state index in [1.807, 2.05) is 0 Å². The highest BCUT2D eigenvalue weighted by Gasteiger charge is 2.31. The number of ether oxygens (including phenoxy) is 2. The first kappa shape index (κ1) is 14.0. The van der Waals surface area contributed by atoms with E-state index in [0.29, 0.717) is 11.3 Å². The fourth-order valence-corrected chi connectivity index (χ4v) is 1.77. The summed E-state index contributed by atoms with van der Waals surface area (Å²) in [5.74, 6) is 0.389. The van der Waals surface area contributed by atoms with Gasteiger partial charge in [-0.25, -0.2) is 0 Å². The van der Waals surface area contributed by atoms with Crippen molar-refractivity contribution in [1.29, 1.82) is 0 Å². The Morgan fingerprint density at radius 2 is 2.00 bits per heavy atom. The van der Waals surface area contributed by atoms with Crippen molar-refractivity contribution < 1.29 is 19.4 Å². The normalized spacial score (nSPS) is 18.8. The van der Waals surface area contributed by atoms with Gasteiger partial charge in [0.25, 0.3) is 0 Å². The summed E-state index contributed by atoms with van der Waals surface area (Å²) >= 11 is 0. The Hall–Kier alpha value is -1.40. The van der Waals surface area contributed by atoms with Crippen LogP contribution in [0.4, 0.5) is 0 Å². The molecule has 1 aliphatic heterocycles. The molecule has 1 aliphatic rings. The van der Waals surface area contributed by atoms with E-state index in [-0.39, 0.29) is 11.5 Å². The fourth-order valence-electron chi connectivity index (χ4n) is 1.77. The number of aliphatic hydroxyl groups excluding tert-OH is 1. The zero-order chi connectivity index (χ0) is 14.2. The highest BCUT2D eigenvalue weighted by molar-refractivity contribution is 6.38. The molecule has 0 fully saturated rings. The summed E-state index contributed by atoms with van der Waals surface area (Å²) in [6.45, 7) is 1.58. The maximum absolute atomic E-state index is 12.1. The highest BCUT2D eigenvalue weighted by atomic mass is 16.7. The van der Waals surface area contributed by atoms with E-state index in [2.05, 4.69) is 5.32 Å². The van der Waals surface area contributed by atoms with Crippen molar-refractivity contribution in [2.24, 2.45) is 0 Å². The zero-order valence-corrected chi connectivity index (χ0v) is 10.3. The molecule has 0 amide bonds. The summed E-state index contributed by atoms with van der Waals surface area (Å²) in [5.41, 5.74) is -1.36. The van der Waals surface area contributed by atoms with Gasteiger partial charge in [0.1, 0.15) is 7.85 Å². The van der Waals surface area contributed by atoms with Gasteiger partial charge in [0.15, 0.2) is 38.6 Å². The molecule has 2 N–H and O–H groups in total. The first-order valence-electron chi connectivity index (χ1n) is 5.62. The molecule has 1 aromatic rings. The molecule has 0 spiro atoms. The monoisotopic (exact) mass is 253 g/mol. The molecule has 8 heteroatoms. The van der Waals surface area contributed by atoms with Crippen molar-refractivity contribution in [1.82, 2.24) is 5.32 Å². The molecule has 1 unspecified atom stereocenters. The molecule has 2 rings (SSSR count). The molecule has 0 saturated heterocycles. The molecule has 6 radical (unpaired) electrons. The summed E-state index contributed by atoms with van der Waals surface area (Å²) in [7, 11) is 16.1. The van der Waals surface area contributed by atoms with Crippen molar-refractivity contribution in [3.8, 4) is 11.5 Å². The second-order valence-electron chi connectivity index (χ2n) is 4.28. The third-order valence-electron chi connectivity index (χ3n) is 2.58. The summed E-state index contributed by atoms with van der Waals surface area (Å²) in [4.78, 5) is 12.1. The number of hydrogen-bond acceptors (Lipinski definition) is 5. The molecule has 19 heavy (non-hydrogen) atoms. The van der Waals surface area contributed by atoms with Crippen LogP contribution in [-0.2, 0) is 0 Å². The summed E-state index contributed by atoms with van der Waals surface area (Å²) < 4.78 is 10.2. The minimum atomic E-state index is -1.72. The van der Waals surface area contributed by atoms with Crippen LogP contribution in [0.2, 0.25) is 0 Å². The number of aliphatic hydroxyl groups is 1. The van der Waals surface area contributed by atoms with Gasteiger partial charge in [0, 0.05) is 5.56 Å². The number of hydrogen-bond donors (Lipinski definition) is 2. The Morgan fingerprint density at radius 3 is 2.63 bits per heavy atom. The van der Waals surface area contributed by atoms with Gasteiger partial charge in [-0.15, -0.1) is 0 Å². The molecule has 0 aliphatic carbocycles. The van der Waals surface area contributed by atoms with E-state index < -0.39 is 17.8 Å². The molecule has 92 valence electrons. The van der Waals surface area contributed by atoms with E-state index in [0.717, 1.165) is 0 Å². The van der Waals surface area contributed by atoms with E-state index in [1.165, 1.54) is 12.1 Å². The topological polar surface area (TPSA) is 67.8 Å². The Bertz CT molecular complexity index is 507. The third kappa shape index (κ3) is 3.14. The predicted octanol–water partition coefficient (Wildman–Crippen LogP) is -0.989. The Labute approximate surface area is 114 Å². The van der Waals surface area contributed by atoms with Crippen molar-refractivity contribution in [3.05, 3.63) is 23.8 Å². The maximum Gasteiger partial charge on any atom is 0.179 e. The molecule has 1 heterocycles. The van der Waals surface area contributed by atoms with Crippen molar-refractivity contribution in [2.75, 3.05) is 0 Å². The van der Waals surface area contributed by atoms with Gasteiger partial charge >= 0.3 is 0 Å². The number of benzene rings is 1. The fraction of sp³-hybridized carbons (Fsp3) is 0.364. The second-order valence-corrected chi connectivity index (χ2v) is 4.28. The first-order chi connectivity index (χ1) is 8.78. The lowest BCUT2D eigenvalue weighted by atomic mass is 9.76. The summed E-state index contributed by atoms with van der Waals surface area (Å²) in [6.07, 6.45) is -1.27. The Kier molecular flexibility index (Phi) is 3.65. The standard InChI is InChI=1S/C11H10B3NO4/c1-5(15-10(12)17)9(16)6-2-3-7-8(4-6)19-11(13,14)18-7/h2-5,10,15,17H,1H3/t5-,10?/m0/s1. The van der Waals surface area contributed by atoms with E-state index in [4.69, 9.17) is 38.1 Å². The predicted molar refractivity (Wildman–Crippen MR) is 70.6 cm³/mol. The second kappa shape index (κ2) is 4.94. The van der Waals surface area contributed by atoms with Crippen LogP contribution in [-0.4, -0.2) is 52.2 Å². The number of ketones is 1. The maximum atomic E-state index is 12.1. The van der Waals surface area contributed by atoms with Crippen LogP contribution in [0.5, 0.6) is 11.5 Å². The SMILES string of the molecule is [B]C(O)N[C@@H](C)C(=O)c1ccc2c(c1)OC([B])([B])O2. The largest absolute Gasteiger partial charge is 0.468 e. The van der Waals surface area contributed by atoms with Crippen molar-refractivity contribution in [3.63, 3.8) is 0 Å². The molecule has 5 nitrogen and oxygen atoms in total. The molecule has 0 bridgehead atoms. The van der Waals surface area contributed by atoms with Crippen LogP contribution in [0.3, 0.4) is 0 Å². The first-order valence-corrected chi connectivity index (χ1v) is 5.62. The van der Waals surface area contributed by atoms with E-state index >= 15 is 0 Å². The zero-order valence-electron chi connectivity index (χ0n) is 10.3. The number of carbonyl (C=O) groups is 1. The lowest BCUT2D eigenvalue weighted by Crippen LogP contribution is -2.41. The number of nitrogens with one attached hydrogen (secondary N) is 1. The van der Waals surface area contributed by atoms with Crippen LogP contribution in [0.15, 0.2) is 18.2 Å². The molecule has 2 atom stereocenters. The number of Topliss-reactive ketones (excluding diaryl/α,β-unsaturated/α-hetero) is 1. The minimum absolute atomic E-state index is 0.262. The van der Waals surface area contributed by atoms with Crippen LogP contribution in [0, 0.1) is 0 Å². The van der Waals surface area contributed by atoms with Gasteiger partial charge in [-0.3, -0.25) is 10.1 Å². The minimum Gasteiger partial charge on any atom is -0.468 e. The summed E-state index contributed by atoms with van der Waals surface area (Å²) in [5, 5.41) is 11.5. The molecule has 0 aromatic heterocycles. The third-order valence-corrected chi connectivity index (χ3v) is 2.58. The van der Waals surface area contributed by atoms with Crippen LogP contribution >= 0.6 is 0 Å². The van der Waals surface area contributed by atoms with Crippen LogP contribution < -0.4 is 14.8 Å². The lowest BCUT2D eigenvalue weighted by Gasteiger charge is -2.18. The molecule has 1 aromatic carbocycles. The van der Waals surface area contributed by atoms with Crippen molar-refractivity contribution in [2.45, 2.75) is 24.7 Å². The Balaban J connectivity index is 2.18. The smallest absolute Gasteiger partial charge is 0.179 e. The van der Waals surface area contributed by atoms with Gasteiger partial charge in [0.2, 0.25) is 0 Å². The lowest BCUT2D eigenvalue weighted by molar-refractivity contribution is 0.0830. The van der Waals surface area contributed by atoms with Gasteiger partial charge in [-0.2, -0.15) is 0 Å². The number of fused-ring (bicyclic) bond motifs is 1. The van der Waals surface area contributed by atoms with E-state index in [9.17, 15) is 4.79 Å². The van der Waals surface area contributed by atoms with Gasteiger partial charge in [-0.1, -0.05) is 0 Å². The van der Waals surface area contributed by atoms with Crippen molar-refractivity contribution >= 4 is 29.3 Å². The Morgan fingerprint density at radius 1 is 1.37 bits per heavy atom. The molecular weight excluding hydrogens is 243 g/mol. The van der Waals surface area contributed by atoms with Crippen LogP contribution in [0.1, 0.15) is 17.3 Å². The van der Waals surface area contributed by atoms with Gasteiger partial charge in [-0.05, 0) is 25.1 Å². The number of rotatable bonds is 4. The highest BCUT2D eigenvalue weighted by Crippen LogP contribution is 2.37. The van der Waals surface area contributed by atoms with Gasteiger partial charge in [0.05, 0.1) is 12.2 Å². The average molecular weight is 253 g/mol. The van der Waals surface area contributed by atoms with E-state index in [1.54, 1.807) is 13.0 Å². The van der Waals surface area contributed by atoms with Gasteiger partial charge < -0.3 is 14.6 Å². The molecular formula is C11H10B3NO4. The quantitative estimate of drug-likeness (QED) is 0.409. The molecule has 0 saturated carbocycles. The number of carbonyl (C=O) groups excluding carboxylic acids is 1. The average Bonchev–Trinajstić information content (AvgIpc) is 2.59. The van der Waals surface area contributed by atoms with Crippen LogP contribution in [0.25, 0.3) is 0 Å². The summed E-state index contributed by atoms with van der Waals surface area (Å²) in [6, 6.07) is 3.91.